The molecular formula is C22H17Cl2NO4. The number of carboxylic acid groups (broad SMARTS) is 1. The van der Waals surface area contributed by atoms with Gasteiger partial charge in [0.25, 0.3) is 5.91 Å². The third kappa shape index (κ3) is 5.73. The number of carboxylic acids is 1. The molecule has 0 spiro atoms. The van der Waals surface area contributed by atoms with E-state index in [-0.39, 0.29) is 22.0 Å². The molecule has 0 aromatic heterocycles. The summed E-state index contributed by atoms with van der Waals surface area (Å²) in [6, 6.07) is 19.2. The fourth-order valence-corrected chi connectivity index (χ4v) is 3.10. The van der Waals surface area contributed by atoms with Gasteiger partial charge < -0.3 is 15.2 Å². The number of anilines is 1. The molecule has 0 atom stereocenters. The van der Waals surface area contributed by atoms with Crippen LogP contribution in [0, 0.1) is 0 Å². The van der Waals surface area contributed by atoms with Crippen LogP contribution in [-0.4, -0.2) is 17.0 Å². The second-order valence-electron chi connectivity index (χ2n) is 6.25. The first-order chi connectivity index (χ1) is 13.9. The van der Waals surface area contributed by atoms with Gasteiger partial charge in [-0.2, -0.15) is 0 Å². The lowest BCUT2D eigenvalue weighted by Crippen LogP contribution is -2.13. The fraction of sp³-hybridized carbons (Fsp3) is 0.0909. The van der Waals surface area contributed by atoms with E-state index in [9.17, 15) is 9.59 Å². The highest BCUT2D eigenvalue weighted by Gasteiger charge is 2.14. The van der Waals surface area contributed by atoms with Crippen LogP contribution in [0.15, 0.2) is 66.7 Å². The fourth-order valence-electron chi connectivity index (χ4n) is 2.64. The summed E-state index contributed by atoms with van der Waals surface area (Å²) in [5.41, 5.74) is 2.14. The number of carbonyl (C=O) groups is 2. The Balaban J connectivity index is 1.72. The topological polar surface area (TPSA) is 75.6 Å². The van der Waals surface area contributed by atoms with Gasteiger partial charge in [0, 0.05) is 0 Å². The Morgan fingerprint density at radius 3 is 2.34 bits per heavy atom. The van der Waals surface area contributed by atoms with Crippen LogP contribution in [0.5, 0.6) is 5.75 Å². The Morgan fingerprint density at radius 1 is 0.897 bits per heavy atom. The van der Waals surface area contributed by atoms with Crippen molar-refractivity contribution in [2.45, 2.75) is 13.0 Å². The van der Waals surface area contributed by atoms with Gasteiger partial charge in [0.2, 0.25) is 0 Å². The van der Waals surface area contributed by atoms with Gasteiger partial charge in [-0.1, -0.05) is 59.6 Å². The van der Waals surface area contributed by atoms with Gasteiger partial charge in [-0.25, -0.2) is 0 Å². The van der Waals surface area contributed by atoms with Crippen LogP contribution in [0.25, 0.3) is 0 Å². The van der Waals surface area contributed by atoms with Crippen molar-refractivity contribution in [2.24, 2.45) is 0 Å². The zero-order chi connectivity index (χ0) is 20.8. The normalized spacial score (nSPS) is 10.4. The van der Waals surface area contributed by atoms with Gasteiger partial charge in [-0.3, -0.25) is 9.59 Å². The zero-order valence-corrected chi connectivity index (χ0v) is 16.7. The summed E-state index contributed by atoms with van der Waals surface area (Å²) in [5.74, 6) is -0.906. The predicted molar refractivity (Wildman–Crippen MR) is 113 cm³/mol. The molecule has 5 nitrogen and oxygen atoms in total. The van der Waals surface area contributed by atoms with E-state index < -0.39 is 11.9 Å². The van der Waals surface area contributed by atoms with Crippen molar-refractivity contribution in [3.8, 4) is 5.75 Å². The first-order valence-corrected chi connectivity index (χ1v) is 9.46. The largest absolute Gasteiger partial charge is 0.489 e. The van der Waals surface area contributed by atoms with Crippen LogP contribution in [0.2, 0.25) is 10.0 Å². The van der Waals surface area contributed by atoms with Gasteiger partial charge in [0.1, 0.15) is 12.4 Å². The smallest absolute Gasteiger partial charge is 0.307 e. The monoisotopic (exact) mass is 429 g/mol. The van der Waals surface area contributed by atoms with Crippen LogP contribution in [0.3, 0.4) is 0 Å². The summed E-state index contributed by atoms with van der Waals surface area (Å²) in [6.45, 7) is 0.362. The molecule has 0 aliphatic rings. The Morgan fingerprint density at radius 2 is 1.66 bits per heavy atom. The summed E-state index contributed by atoms with van der Waals surface area (Å²) in [7, 11) is 0. The second-order valence-corrected chi connectivity index (χ2v) is 7.07. The highest BCUT2D eigenvalue weighted by atomic mass is 35.5. The Bertz CT molecular complexity index is 1040. The van der Waals surface area contributed by atoms with Crippen LogP contribution >= 0.6 is 23.2 Å². The second kappa shape index (κ2) is 9.45. The average molecular weight is 430 g/mol. The number of halogens is 2. The van der Waals surface area contributed by atoms with Crippen molar-refractivity contribution < 1.29 is 19.4 Å². The molecule has 7 heteroatoms. The van der Waals surface area contributed by atoms with Crippen LogP contribution in [-0.2, 0) is 17.8 Å². The van der Waals surface area contributed by atoms with E-state index in [0.717, 1.165) is 5.56 Å². The lowest BCUT2D eigenvalue weighted by molar-refractivity contribution is -0.136. The van der Waals surface area contributed by atoms with Crippen molar-refractivity contribution in [1.82, 2.24) is 0 Å². The van der Waals surface area contributed by atoms with Crippen molar-refractivity contribution >= 4 is 40.8 Å². The maximum absolute atomic E-state index is 12.7. The van der Waals surface area contributed by atoms with Crippen molar-refractivity contribution in [3.05, 3.63) is 93.5 Å². The quantitative estimate of drug-likeness (QED) is 0.523. The molecule has 1 amide bonds. The van der Waals surface area contributed by atoms with Crippen molar-refractivity contribution in [1.29, 1.82) is 0 Å². The zero-order valence-electron chi connectivity index (χ0n) is 15.2. The summed E-state index contributed by atoms with van der Waals surface area (Å²) in [5, 5.41) is 12.1. The van der Waals surface area contributed by atoms with Gasteiger partial charge >= 0.3 is 5.97 Å². The first-order valence-electron chi connectivity index (χ1n) is 8.70. The van der Waals surface area contributed by atoms with Crippen LogP contribution in [0.1, 0.15) is 21.5 Å². The molecule has 0 saturated heterocycles. The molecule has 3 aromatic rings. The summed E-state index contributed by atoms with van der Waals surface area (Å²) < 4.78 is 5.74. The van der Waals surface area contributed by atoms with Gasteiger partial charge in [0.05, 0.1) is 27.7 Å². The third-order valence-corrected chi connectivity index (χ3v) is 4.71. The molecule has 0 bridgehead atoms. The molecule has 0 unspecified atom stereocenters. The lowest BCUT2D eigenvalue weighted by Gasteiger charge is -2.12. The highest BCUT2D eigenvalue weighted by Crippen LogP contribution is 2.27. The molecule has 0 radical (unpaired) electrons. The van der Waals surface area contributed by atoms with E-state index in [4.69, 9.17) is 33.0 Å². The minimum Gasteiger partial charge on any atom is -0.489 e. The molecule has 0 aliphatic heterocycles. The molecule has 0 fully saturated rings. The predicted octanol–water partition coefficient (Wildman–Crippen LogP) is 5.45. The minimum absolute atomic E-state index is 0.152. The maximum Gasteiger partial charge on any atom is 0.307 e. The molecule has 3 aromatic carbocycles. The minimum atomic E-state index is -0.961. The molecule has 0 heterocycles. The Labute approximate surface area is 177 Å². The molecular weight excluding hydrogens is 413 g/mol. The highest BCUT2D eigenvalue weighted by molar-refractivity contribution is 6.36. The number of carbonyl (C=O) groups excluding carboxylic acids is 1. The average Bonchev–Trinajstić information content (AvgIpc) is 2.69. The Kier molecular flexibility index (Phi) is 6.75. The summed E-state index contributed by atoms with van der Waals surface area (Å²) in [4.78, 5) is 23.5. The van der Waals surface area contributed by atoms with E-state index in [1.165, 1.54) is 6.07 Å². The van der Waals surface area contributed by atoms with Gasteiger partial charge in [0.15, 0.2) is 0 Å². The standard InChI is InChI=1S/C22H17Cl2NO4/c23-18-8-7-16(29-13-14-4-2-1-3-5-14)12-17(18)22(28)25-20-9-6-15(10-19(20)24)11-21(26)27/h1-10,12H,11,13H2,(H,25,28)(H,26,27). The molecule has 0 saturated carbocycles. The van der Waals surface area contributed by atoms with Crippen molar-refractivity contribution in [2.75, 3.05) is 5.32 Å². The molecule has 2 N–H and O–H groups in total. The number of nitrogens with one attached hydrogen (secondary N) is 1. The summed E-state index contributed by atoms with van der Waals surface area (Å²) in [6.07, 6.45) is -0.152. The number of amides is 1. The van der Waals surface area contributed by atoms with E-state index >= 15 is 0 Å². The number of hydrogen-bond donors (Lipinski definition) is 2. The van der Waals surface area contributed by atoms with Crippen molar-refractivity contribution in [3.63, 3.8) is 0 Å². The van der Waals surface area contributed by atoms with Crippen LogP contribution < -0.4 is 10.1 Å². The lowest BCUT2D eigenvalue weighted by atomic mass is 10.1. The number of aliphatic carboxylic acids is 1. The number of ether oxygens (including phenoxy) is 1. The van der Waals surface area contributed by atoms with E-state index in [0.29, 0.717) is 23.6 Å². The number of rotatable bonds is 7. The summed E-state index contributed by atoms with van der Waals surface area (Å²) >= 11 is 12.3. The van der Waals surface area contributed by atoms with Gasteiger partial charge in [-0.15, -0.1) is 0 Å². The van der Waals surface area contributed by atoms with E-state index in [1.54, 1.807) is 30.3 Å². The maximum atomic E-state index is 12.7. The molecule has 3 rings (SSSR count). The van der Waals surface area contributed by atoms with Gasteiger partial charge in [-0.05, 0) is 41.5 Å². The molecule has 148 valence electrons. The molecule has 29 heavy (non-hydrogen) atoms. The SMILES string of the molecule is O=C(O)Cc1ccc(NC(=O)c2cc(OCc3ccccc3)ccc2Cl)c(Cl)c1. The molecule has 0 aliphatic carbocycles. The van der Waals surface area contributed by atoms with Crippen LogP contribution in [0.4, 0.5) is 5.69 Å². The number of hydrogen-bond acceptors (Lipinski definition) is 3. The van der Waals surface area contributed by atoms with E-state index in [2.05, 4.69) is 5.32 Å². The third-order valence-electron chi connectivity index (χ3n) is 4.07. The number of benzene rings is 3. The van der Waals surface area contributed by atoms with E-state index in [1.807, 2.05) is 30.3 Å². The first kappa shape index (κ1) is 20.7. The Hall–Kier alpha value is -3.02.